The number of hydrogen-bond acceptors (Lipinski definition) is 6. The van der Waals surface area contributed by atoms with E-state index in [0.29, 0.717) is 11.5 Å². The van der Waals surface area contributed by atoms with E-state index in [-0.39, 0.29) is 6.04 Å². The zero-order valence-corrected chi connectivity index (χ0v) is 13.3. The molecule has 22 heavy (non-hydrogen) atoms. The molecule has 0 saturated carbocycles. The van der Waals surface area contributed by atoms with Crippen LogP contribution < -0.4 is 16.4 Å². The highest BCUT2D eigenvalue weighted by Crippen LogP contribution is 2.34. The van der Waals surface area contributed by atoms with Crippen molar-refractivity contribution < 1.29 is 0 Å². The number of nitrogens with zero attached hydrogens (tertiary/aromatic N) is 5. The molecule has 0 aromatic carbocycles. The summed E-state index contributed by atoms with van der Waals surface area (Å²) in [6.45, 7) is 1.65. The summed E-state index contributed by atoms with van der Waals surface area (Å²) in [5.41, 5.74) is 14.7. The first-order valence-corrected chi connectivity index (χ1v) is 7.77. The lowest BCUT2D eigenvalue weighted by Crippen LogP contribution is -2.27. The highest BCUT2D eigenvalue weighted by Gasteiger charge is 2.25. The van der Waals surface area contributed by atoms with Crippen LogP contribution in [0.3, 0.4) is 0 Å². The average molecular weight is 363 g/mol. The lowest BCUT2D eigenvalue weighted by atomic mass is 10.2. The first kappa shape index (κ1) is 13.5. The molecule has 0 spiro atoms. The third-order valence-corrected chi connectivity index (χ3v) is 4.70. The lowest BCUT2D eigenvalue weighted by molar-refractivity contribution is 0.751. The fourth-order valence-corrected chi connectivity index (χ4v) is 3.28. The molecule has 0 amide bonds. The van der Waals surface area contributed by atoms with Gasteiger partial charge in [-0.1, -0.05) is 0 Å². The largest absolute Gasteiger partial charge is 0.383 e. The van der Waals surface area contributed by atoms with E-state index in [9.17, 15) is 0 Å². The molecule has 0 radical (unpaired) electrons. The zero-order chi connectivity index (χ0) is 15.3. The number of H-pyrrole nitrogens is 1. The van der Waals surface area contributed by atoms with Crippen LogP contribution >= 0.6 is 15.9 Å². The number of halogens is 1. The van der Waals surface area contributed by atoms with Gasteiger partial charge in [-0.15, -0.1) is 0 Å². The highest BCUT2D eigenvalue weighted by atomic mass is 79.9. The molecule has 114 valence electrons. The Morgan fingerprint density at radius 3 is 2.91 bits per heavy atom. The summed E-state index contributed by atoms with van der Waals surface area (Å²) in [6, 6.07) is 0.171. The first-order valence-electron chi connectivity index (χ1n) is 6.97. The molecule has 4 rings (SSSR count). The average Bonchev–Trinajstić information content (AvgIpc) is 3.22. The minimum Gasteiger partial charge on any atom is -0.383 e. The van der Waals surface area contributed by atoms with Crippen molar-refractivity contribution in [3.05, 3.63) is 23.1 Å². The summed E-state index contributed by atoms with van der Waals surface area (Å²) in [7, 11) is 0. The number of nitrogen functional groups attached to an aromatic ring is 1. The van der Waals surface area contributed by atoms with Crippen LogP contribution in [0.4, 0.5) is 11.6 Å². The second kappa shape index (κ2) is 4.96. The summed E-state index contributed by atoms with van der Waals surface area (Å²) in [5, 5.41) is 11.1. The van der Waals surface area contributed by atoms with Crippen molar-refractivity contribution in [1.29, 1.82) is 0 Å². The Kier molecular flexibility index (Phi) is 3.05. The molecule has 8 nitrogen and oxygen atoms in total. The van der Waals surface area contributed by atoms with Gasteiger partial charge in [0.05, 0.1) is 12.4 Å². The maximum Gasteiger partial charge on any atom is 0.167 e. The fourth-order valence-electron chi connectivity index (χ4n) is 2.77. The maximum absolute atomic E-state index is 6.22. The number of nitrogens with two attached hydrogens (primary N) is 2. The van der Waals surface area contributed by atoms with Crippen LogP contribution in [0.5, 0.6) is 0 Å². The SMILES string of the molecule is Nc1c(Br)c(N2CC[C@H](N)C2)nc2c(-c3cn[nH]c3)cnn12. The molecular formula is C13H15BrN8. The molecular weight excluding hydrogens is 348 g/mol. The van der Waals surface area contributed by atoms with Crippen LogP contribution in [-0.4, -0.2) is 43.9 Å². The Morgan fingerprint density at radius 2 is 2.23 bits per heavy atom. The number of anilines is 2. The third kappa shape index (κ3) is 1.97. The molecule has 0 bridgehead atoms. The standard InChI is InChI=1S/C13H15BrN8/c14-10-11(16)22-12(9(5-19-22)7-3-17-18-4-7)20-13(10)21-2-1-8(15)6-21/h3-5,8H,1-2,6,15-16H2,(H,17,18)/t8-/m0/s1. The second-order valence-electron chi connectivity index (χ2n) is 5.41. The van der Waals surface area contributed by atoms with Crippen molar-refractivity contribution in [2.24, 2.45) is 5.73 Å². The summed E-state index contributed by atoms with van der Waals surface area (Å²) in [5.74, 6) is 1.33. The van der Waals surface area contributed by atoms with Gasteiger partial charge in [0.15, 0.2) is 5.65 Å². The number of fused-ring (bicyclic) bond motifs is 1. The van der Waals surface area contributed by atoms with E-state index >= 15 is 0 Å². The van der Waals surface area contributed by atoms with E-state index in [2.05, 4.69) is 36.1 Å². The van der Waals surface area contributed by atoms with Gasteiger partial charge in [0.2, 0.25) is 0 Å². The summed E-state index contributed by atoms with van der Waals surface area (Å²) >= 11 is 3.54. The fraction of sp³-hybridized carbons (Fsp3) is 0.308. The van der Waals surface area contributed by atoms with Gasteiger partial charge in [0.25, 0.3) is 0 Å². The predicted octanol–water partition coefficient (Wildman–Crippen LogP) is 1.00. The monoisotopic (exact) mass is 362 g/mol. The summed E-state index contributed by atoms with van der Waals surface area (Å²) in [6.07, 6.45) is 6.24. The van der Waals surface area contributed by atoms with E-state index in [1.54, 1.807) is 16.9 Å². The van der Waals surface area contributed by atoms with Gasteiger partial charge in [-0.25, -0.2) is 4.98 Å². The van der Waals surface area contributed by atoms with Gasteiger partial charge in [-0.2, -0.15) is 14.7 Å². The van der Waals surface area contributed by atoms with Gasteiger partial charge in [0.1, 0.15) is 16.1 Å². The number of aromatic amines is 1. The lowest BCUT2D eigenvalue weighted by Gasteiger charge is -2.19. The molecule has 3 aromatic heterocycles. The van der Waals surface area contributed by atoms with Crippen molar-refractivity contribution in [2.75, 3.05) is 23.7 Å². The minimum absolute atomic E-state index is 0.171. The third-order valence-electron chi connectivity index (χ3n) is 3.94. The van der Waals surface area contributed by atoms with E-state index < -0.39 is 0 Å². The van der Waals surface area contributed by atoms with Gasteiger partial charge in [0, 0.05) is 36.5 Å². The number of aromatic nitrogens is 5. The highest BCUT2D eigenvalue weighted by molar-refractivity contribution is 9.10. The van der Waals surface area contributed by atoms with E-state index in [0.717, 1.165) is 40.9 Å². The normalized spacial score (nSPS) is 18.5. The molecule has 0 unspecified atom stereocenters. The van der Waals surface area contributed by atoms with Crippen molar-refractivity contribution in [3.63, 3.8) is 0 Å². The zero-order valence-electron chi connectivity index (χ0n) is 11.7. The Morgan fingerprint density at radius 1 is 1.36 bits per heavy atom. The molecule has 4 heterocycles. The second-order valence-corrected chi connectivity index (χ2v) is 6.20. The Bertz CT molecular complexity index is 824. The molecule has 0 aliphatic carbocycles. The topological polar surface area (TPSA) is 114 Å². The van der Waals surface area contributed by atoms with Crippen LogP contribution in [0.2, 0.25) is 0 Å². The smallest absolute Gasteiger partial charge is 0.167 e. The number of hydrogen-bond donors (Lipinski definition) is 3. The van der Waals surface area contributed by atoms with Crippen molar-refractivity contribution >= 4 is 33.2 Å². The Hall–Kier alpha value is -2.13. The van der Waals surface area contributed by atoms with E-state index in [4.69, 9.17) is 16.5 Å². The van der Waals surface area contributed by atoms with Crippen LogP contribution in [0, 0.1) is 0 Å². The molecule has 1 aliphatic rings. The van der Waals surface area contributed by atoms with Crippen molar-refractivity contribution in [2.45, 2.75) is 12.5 Å². The van der Waals surface area contributed by atoms with E-state index in [1.165, 1.54) is 0 Å². The number of nitrogens with one attached hydrogen (secondary N) is 1. The Labute approximate surface area is 134 Å². The molecule has 1 atom stereocenters. The molecule has 1 saturated heterocycles. The molecule has 9 heteroatoms. The number of rotatable bonds is 2. The van der Waals surface area contributed by atoms with Gasteiger partial charge in [-0.3, -0.25) is 5.10 Å². The van der Waals surface area contributed by atoms with Crippen LogP contribution in [0.1, 0.15) is 6.42 Å². The van der Waals surface area contributed by atoms with Crippen molar-refractivity contribution in [3.8, 4) is 11.1 Å². The minimum atomic E-state index is 0.171. The van der Waals surface area contributed by atoms with Gasteiger partial charge >= 0.3 is 0 Å². The first-order chi connectivity index (χ1) is 10.6. The maximum atomic E-state index is 6.22. The molecule has 1 aliphatic heterocycles. The predicted molar refractivity (Wildman–Crippen MR) is 87.5 cm³/mol. The molecule has 5 N–H and O–H groups in total. The quantitative estimate of drug-likeness (QED) is 0.626. The van der Waals surface area contributed by atoms with E-state index in [1.807, 2.05) is 6.20 Å². The van der Waals surface area contributed by atoms with Crippen LogP contribution in [0.15, 0.2) is 23.1 Å². The van der Waals surface area contributed by atoms with Crippen molar-refractivity contribution in [1.82, 2.24) is 24.8 Å². The summed E-state index contributed by atoms with van der Waals surface area (Å²) < 4.78 is 2.38. The summed E-state index contributed by atoms with van der Waals surface area (Å²) in [4.78, 5) is 6.92. The van der Waals surface area contributed by atoms with Crippen LogP contribution in [-0.2, 0) is 0 Å². The van der Waals surface area contributed by atoms with Gasteiger partial charge in [-0.05, 0) is 22.4 Å². The molecule has 3 aromatic rings. The Balaban J connectivity index is 1.91. The molecule has 1 fully saturated rings. The van der Waals surface area contributed by atoms with Gasteiger partial charge < -0.3 is 16.4 Å². The van der Waals surface area contributed by atoms with Crippen LogP contribution in [0.25, 0.3) is 16.8 Å².